The van der Waals surface area contributed by atoms with Gasteiger partial charge in [0.15, 0.2) is 5.96 Å². The maximum atomic E-state index is 11.3. The number of piperazine rings is 1. The van der Waals surface area contributed by atoms with E-state index in [1.807, 2.05) is 4.90 Å². The lowest BCUT2D eigenvalue weighted by Crippen LogP contribution is -2.50. The van der Waals surface area contributed by atoms with Crippen LogP contribution in [0.5, 0.6) is 0 Å². The van der Waals surface area contributed by atoms with Crippen molar-refractivity contribution < 1.29 is 4.79 Å². The summed E-state index contributed by atoms with van der Waals surface area (Å²) in [6.45, 7) is 14.5. The van der Waals surface area contributed by atoms with Gasteiger partial charge in [-0.3, -0.25) is 14.7 Å². The number of carbonyl (C=O) groups excluding carboxylic acids is 1. The monoisotopic (exact) mass is 325 g/mol. The van der Waals surface area contributed by atoms with Crippen LogP contribution in [0.4, 0.5) is 0 Å². The Morgan fingerprint density at radius 2 is 1.91 bits per heavy atom. The summed E-state index contributed by atoms with van der Waals surface area (Å²) in [6.07, 6.45) is 3.38. The topological polar surface area (TPSA) is 60.0 Å². The summed E-state index contributed by atoms with van der Waals surface area (Å²) in [4.78, 5) is 20.3. The van der Waals surface area contributed by atoms with Gasteiger partial charge >= 0.3 is 0 Å². The van der Waals surface area contributed by atoms with Gasteiger partial charge in [-0.25, -0.2) is 0 Å². The number of amides is 1. The molecule has 2 N–H and O–H groups in total. The van der Waals surface area contributed by atoms with E-state index in [0.29, 0.717) is 6.04 Å². The van der Waals surface area contributed by atoms with Crippen LogP contribution >= 0.6 is 0 Å². The molecule has 0 unspecified atom stereocenters. The maximum Gasteiger partial charge on any atom is 0.219 e. The Hall–Kier alpha value is -1.30. The second-order valence-corrected chi connectivity index (χ2v) is 6.31. The molecule has 6 heteroatoms. The Bertz CT molecular complexity index is 364. The van der Waals surface area contributed by atoms with Gasteiger partial charge in [0.2, 0.25) is 5.91 Å². The fraction of sp³-hybridized carbons (Fsp3) is 0.882. The zero-order valence-corrected chi connectivity index (χ0v) is 15.4. The van der Waals surface area contributed by atoms with Gasteiger partial charge in [0.05, 0.1) is 0 Å². The minimum Gasteiger partial charge on any atom is -0.355 e. The number of nitrogens with zero attached hydrogens (tertiary/aromatic N) is 3. The van der Waals surface area contributed by atoms with Crippen LogP contribution in [-0.2, 0) is 4.79 Å². The van der Waals surface area contributed by atoms with E-state index in [-0.39, 0.29) is 5.91 Å². The van der Waals surface area contributed by atoms with E-state index in [4.69, 9.17) is 0 Å². The van der Waals surface area contributed by atoms with Crippen LogP contribution in [0.2, 0.25) is 0 Å². The van der Waals surface area contributed by atoms with E-state index in [9.17, 15) is 4.79 Å². The van der Waals surface area contributed by atoms with Gasteiger partial charge in [0.25, 0.3) is 0 Å². The first kappa shape index (κ1) is 19.7. The standard InChI is InChI=1S/C17H35N5O/c1-5-7-8-18-17(20-15(3)6-2)19-9-10-21-11-13-22(14-12-21)16(4)23/h15H,5-14H2,1-4H3,(H2,18,19,20)/t15-/m1/s1. The molecule has 1 aliphatic heterocycles. The van der Waals surface area contributed by atoms with Crippen LogP contribution in [0.3, 0.4) is 0 Å². The molecule has 0 aliphatic carbocycles. The molecule has 0 spiro atoms. The molecule has 0 bridgehead atoms. The van der Waals surface area contributed by atoms with Crippen molar-refractivity contribution >= 4 is 11.9 Å². The molecule has 1 heterocycles. The molecule has 1 amide bonds. The van der Waals surface area contributed by atoms with E-state index in [0.717, 1.165) is 64.6 Å². The Morgan fingerprint density at radius 3 is 2.48 bits per heavy atom. The molecule has 1 rings (SSSR count). The summed E-state index contributed by atoms with van der Waals surface area (Å²) < 4.78 is 0. The molecule has 0 aromatic rings. The lowest BCUT2D eigenvalue weighted by Gasteiger charge is -2.34. The fourth-order valence-corrected chi connectivity index (χ4v) is 2.46. The van der Waals surface area contributed by atoms with E-state index < -0.39 is 0 Å². The second kappa shape index (κ2) is 11.3. The first-order chi connectivity index (χ1) is 11.1. The van der Waals surface area contributed by atoms with Crippen LogP contribution in [0.15, 0.2) is 4.99 Å². The molecule has 0 radical (unpaired) electrons. The highest BCUT2D eigenvalue weighted by molar-refractivity contribution is 5.80. The zero-order valence-electron chi connectivity index (χ0n) is 15.4. The van der Waals surface area contributed by atoms with Gasteiger partial charge in [-0.15, -0.1) is 0 Å². The Labute approximate surface area is 141 Å². The van der Waals surface area contributed by atoms with Gasteiger partial charge in [0.1, 0.15) is 0 Å². The molecule has 1 fully saturated rings. The predicted octanol–water partition coefficient (Wildman–Crippen LogP) is 1.28. The number of carbonyl (C=O) groups is 1. The predicted molar refractivity (Wildman–Crippen MR) is 96.8 cm³/mol. The second-order valence-electron chi connectivity index (χ2n) is 6.31. The SMILES string of the molecule is CCCCN=C(NCCN1CCN(C(C)=O)CC1)N[C@H](C)CC. The average molecular weight is 326 g/mol. The number of hydrogen-bond acceptors (Lipinski definition) is 3. The molecule has 0 saturated carbocycles. The number of rotatable bonds is 8. The summed E-state index contributed by atoms with van der Waals surface area (Å²) in [5.41, 5.74) is 0. The van der Waals surface area contributed by atoms with Crippen LogP contribution in [0.1, 0.15) is 47.0 Å². The highest BCUT2D eigenvalue weighted by Crippen LogP contribution is 2.01. The van der Waals surface area contributed by atoms with Crippen LogP contribution in [0, 0.1) is 0 Å². The number of nitrogens with one attached hydrogen (secondary N) is 2. The highest BCUT2D eigenvalue weighted by atomic mass is 16.2. The summed E-state index contributed by atoms with van der Waals surface area (Å²) in [5.74, 6) is 1.11. The van der Waals surface area contributed by atoms with Crippen LogP contribution in [0.25, 0.3) is 0 Å². The summed E-state index contributed by atoms with van der Waals surface area (Å²) in [6, 6.07) is 0.432. The first-order valence-corrected chi connectivity index (χ1v) is 9.09. The molecule has 1 saturated heterocycles. The van der Waals surface area contributed by atoms with E-state index in [1.165, 1.54) is 6.42 Å². The Morgan fingerprint density at radius 1 is 1.22 bits per heavy atom. The van der Waals surface area contributed by atoms with Gasteiger partial charge in [-0.05, 0) is 19.8 Å². The molecular formula is C17H35N5O. The molecular weight excluding hydrogens is 290 g/mol. The summed E-state index contributed by atoms with van der Waals surface area (Å²) in [5, 5.41) is 6.89. The molecule has 1 atom stereocenters. The zero-order chi connectivity index (χ0) is 17.1. The molecule has 1 aliphatic rings. The smallest absolute Gasteiger partial charge is 0.219 e. The number of guanidine groups is 1. The van der Waals surface area contributed by atoms with Crippen LogP contribution < -0.4 is 10.6 Å². The number of unbranched alkanes of at least 4 members (excludes halogenated alkanes) is 1. The van der Waals surface area contributed by atoms with Crippen molar-refractivity contribution in [2.75, 3.05) is 45.8 Å². The third-order valence-electron chi connectivity index (χ3n) is 4.32. The van der Waals surface area contributed by atoms with Crippen molar-refractivity contribution in [1.29, 1.82) is 0 Å². The average Bonchev–Trinajstić information content (AvgIpc) is 2.55. The quantitative estimate of drug-likeness (QED) is 0.401. The lowest BCUT2D eigenvalue weighted by molar-refractivity contribution is -0.130. The van der Waals surface area contributed by atoms with Gasteiger partial charge in [0, 0.05) is 58.8 Å². The summed E-state index contributed by atoms with van der Waals surface area (Å²) >= 11 is 0. The van der Waals surface area contributed by atoms with Gasteiger partial charge in [-0.1, -0.05) is 20.3 Å². The van der Waals surface area contributed by atoms with Crippen molar-refractivity contribution in [2.24, 2.45) is 4.99 Å². The summed E-state index contributed by atoms with van der Waals surface area (Å²) in [7, 11) is 0. The minimum absolute atomic E-state index is 0.186. The molecule has 23 heavy (non-hydrogen) atoms. The van der Waals surface area contributed by atoms with Gasteiger partial charge in [-0.2, -0.15) is 0 Å². The van der Waals surface area contributed by atoms with Crippen molar-refractivity contribution in [3.8, 4) is 0 Å². The molecule has 0 aromatic heterocycles. The molecule has 134 valence electrons. The van der Waals surface area contributed by atoms with E-state index >= 15 is 0 Å². The lowest BCUT2D eigenvalue weighted by atomic mass is 10.3. The van der Waals surface area contributed by atoms with Gasteiger partial charge < -0.3 is 15.5 Å². The largest absolute Gasteiger partial charge is 0.355 e. The van der Waals surface area contributed by atoms with Crippen molar-refractivity contribution in [3.63, 3.8) is 0 Å². The highest BCUT2D eigenvalue weighted by Gasteiger charge is 2.17. The number of hydrogen-bond donors (Lipinski definition) is 2. The Kier molecular flexibility index (Phi) is 9.67. The van der Waals surface area contributed by atoms with Crippen LogP contribution in [-0.4, -0.2) is 73.5 Å². The third-order valence-corrected chi connectivity index (χ3v) is 4.32. The van der Waals surface area contributed by atoms with E-state index in [2.05, 4.69) is 41.3 Å². The molecule has 6 nitrogen and oxygen atoms in total. The third kappa shape index (κ3) is 8.21. The molecule has 0 aromatic carbocycles. The van der Waals surface area contributed by atoms with Crippen molar-refractivity contribution in [3.05, 3.63) is 0 Å². The van der Waals surface area contributed by atoms with Crippen molar-refractivity contribution in [2.45, 2.75) is 53.0 Å². The number of aliphatic imine (C=N–C) groups is 1. The normalized spacial score (nSPS) is 17.9. The van der Waals surface area contributed by atoms with E-state index in [1.54, 1.807) is 6.92 Å². The van der Waals surface area contributed by atoms with Crippen molar-refractivity contribution in [1.82, 2.24) is 20.4 Å². The Balaban J connectivity index is 2.31. The minimum atomic E-state index is 0.186. The first-order valence-electron chi connectivity index (χ1n) is 9.09. The maximum absolute atomic E-state index is 11.3. The fourth-order valence-electron chi connectivity index (χ4n) is 2.46.